The molecule has 0 bridgehead atoms. The third kappa shape index (κ3) is 2.72. The van der Waals surface area contributed by atoms with E-state index < -0.39 is 0 Å². The van der Waals surface area contributed by atoms with Crippen LogP contribution >= 0.6 is 0 Å². The van der Waals surface area contributed by atoms with E-state index in [1.165, 1.54) is 5.56 Å². The van der Waals surface area contributed by atoms with Crippen molar-refractivity contribution in [2.24, 2.45) is 5.92 Å². The van der Waals surface area contributed by atoms with Crippen molar-refractivity contribution in [3.8, 4) is 0 Å². The number of benzene rings is 1. The lowest BCUT2D eigenvalue weighted by molar-refractivity contribution is 0.262. The molecule has 0 aliphatic carbocycles. The van der Waals surface area contributed by atoms with Gasteiger partial charge < -0.3 is 10.1 Å². The summed E-state index contributed by atoms with van der Waals surface area (Å²) < 4.78 is 0. The fraction of sp³-hybridized carbons (Fsp3) is 0.533. The molecule has 3 nitrogen and oxygen atoms in total. The van der Waals surface area contributed by atoms with Crippen LogP contribution in [-0.2, 0) is 6.42 Å². The van der Waals surface area contributed by atoms with Gasteiger partial charge in [0.05, 0.1) is 11.0 Å². The zero-order valence-electron chi connectivity index (χ0n) is 11.4. The highest BCUT2D eigenvalue weighted by Crippen LogP contribution is 2.23. The van der Waals surface area contributed by atoms with Crippen LogP contribution in [0.2, 0.25) is 0 Å². The predicted octanol–water partition coefficient (Wildman–Crippen LogP) is 3.25. The lowest BCUT2D eigenvalue weighted by Gasteiger charge is -2.11. The number of rotatable bonds is 5. The Bertz CT molecular complexity index is 512. The molecule has 1 atom stereocenters. The van der Waals surface area contributed by atoms with E-state index >= 15 is 0 Å². The lowest BCUT2D eigenvalue weighted by atomic mass is 9.97. The van der Waals surface area contributed by atoms with E-state index in [-0.39, 0.29) is 12.5 Å². The first-order chi connectivity index (χ1) is 8.63. The molecule has 1 aromatic carbocycles. The Morgan fingerprint density at radius 3 is 2.72 bits per heavy atom. The second kappa shape index (κ2) is 5.53. The van der Waals surface area contributed by atoms with Gasteiger partial charge in [0.1, 0.15) is 5.82 Å². The summed E-state index contributed by atoms with van der Waals surface area (Å²) in [5.74, 6) is 1.88. The number of H-pyrrole nitrogens is 1. The fourth-order valence-corrected chi connectivity index (χ4v) is 2.29. The molecule has 1 aromatic heterocycles. The minimum Gasteiger partial charge on any atom is -0.396 e. The van der Waals surface area contributed by atoms with Crippen LogP contribution in [0.25, 0.3) is 11.0 Å². The topological polar surface area (TPSA) is 48.9 Å². The molecule has 0 aliphatic rings. The van der Waals surface area contributed by atoms with Crippen LogP contribution in [0.4, 0.5) is 0 Å². The molecule has 2 rings (SSSR count). The quantitative estimate of drug-likeness (QED) is 0.850. The number of aliphatic hydroxyl groups is 1. The molecule has 1 unspecified atom stereocenters. The van der Waals surface area contributed by atoms with Crippen molar-refractivity contribution in [3.05, 3.63) is 29.6 Å². The van der Waals surface area contributed by atoms with Crippen LogP contribution in [0.15, 0.2) is 18.2 Å². The number of aromatic amines is 1. The number of nitrogens with zero attached hydrogens (tertiary/aromatic N) is 1. The minimum absolute atomic E-state index is 0.203. The van der Waals surface area contributed by atoms with Crippen molar-refractivity contribution in [2.75, 3.05) is 6.61 Å². The van der Waals surface area contributed by atoms with Crippen molar-refractivity contribution in [2.45, 2.75) is 39.5 Å². The van der Waals surface area contributed by atoms with Gasteiger partial charge >= 0.3 is 0 Å². The van der Waals surface area contributed by atoms with E-state index in [9.17, 15) is 5.11 Å². The maximum Gasteiger partial charge on any atom is 0.107 e. The Morgan fingerprint density at radius 2 is 2.11 bits per heavy atom. The van der Waals surface area contributed by atoms with Crippen molar-refractivity contribution in [3.63, 3.8) is 0 Å². The standard InChI is InChI=1S/C15H22N2O/c1-4-11(9-18)12-5-6-13-14(8-12)17-15(16-13)7-10(2)3/h5-6,8,10-11,18H,4,7,9H2,1-3H3,(H,16,17). The van der Waals surface area contributed by atoms with Gasteiger partial charge in [0.2, 0.25) is 0 Å². The Labute approximate surface area is 108 Å². The van der Waals surface area contributed by atoms with Gasteiger partial charge in [0.25, 0.3) is 0 Å². The number of hydrogen-bond donors (Lipinski definition) is 2. The summed E-state index contributed by atoms with van der Waals surface area (Å²) in [6.07, 6.45) is 1.93. The number of fused-ring (bicyclic) bond motifs is 1. The fourth-order valence-electron chi connectivity index (χ4n) is 2.29. The minimum atomic E-state index is 0.203. The molecular weight excluding hydrogens is 224 g/mol. The first-order valence-corrected chi connectivity index (χ1v) is 6.73. The van der Waals surface area contributed by atoms with Crippen molar-refractivity contribution in [1.29, 1.82) is 0 Å². The number of aromatic nitrogens is 2. The van der Waals surface area contributed by atoms with Gasteiger partial charge in [-0.25, -0.2) is 4.98 Å². The predicted molar refractivity (Wildman–Crippen MR) is 74.8 cm³/mol. The summed E-state index contributed by atoms with van der Waals surface area (Å²) >= 11 is 0. The molecule has 2 aromatic rings. The van der Waals surface area contributed by atoms with E-state index in [1.807, 2.05) is 6.07 Å². The Kier molecular flexibility index (Phi) is 4.02. The van der Waals surface area contributed by atoms with Crippen molar-refractivity contribution < 1.29 is 5.11 Å². The van der Waals surface area contributed by atoms with Gasteiger partial charge in [-0.2, -0.15) is 0 Å². The molecule has 0 aliphatic heterocycles. The molecule has 2 N–H and O–H groups in total. The van der Waals surface area contributed by atoms with E-state index in [1.54, 1.807) is 0 Å². The number of nitrogens with one attached hydrogen (secondary N) is 1. The molecular formula is C15H22N2O. The second-order valence-electron chi connectivity index (χ2n) is 5.35. The normalized spacial score (nSPS) is 13.4. The molecule has 0 radical (unpaired) electrons. The summed E-state index contributed by atoms with van der Waals surface area (Å²) in [6.45, 7) is 6.69. The molecule has 0 fully saturated rings. The first-order valence-electron chi connectivity index (χ1n) is 6.73. The van der Waals surface area contributed by atoms with Crippen molar-refractivity contribution >= 4 is 11.0 Å². The molecule has 18 heavy (non-hydrogen) atoms. The van der Waals surface area contributed by atoms with Crippen LogP contribution in [0.1, 0.15) is 44.5 Å². The highest BCUT2D eigenvalue weighted by molar-refractivity contribution is 5.76. The summed E-state index contributed by atoms with van der Waals surface area (Å²) in [6, 6.07) is 6.24. The van der Waals surface area contributed by atoms with Gasteiger partial charge in [0, 0.05) is 18.9 Å². The molecule has 0 saturated carbocycles. The molecule has 3 heteroatoms. The number of hydrogen-bond acceptors (Lipinski definition) is 2. The number of aliphatic hydroxyl groups excluding tert-OH is 1. The smallest absolute Gasteiger partial charge is 0.107 e. The Balaban J connectivity index is 2.33. The first kappa shape index (κ1) is 13.1. The second-order valence-corrected chi connectivity index (χ2v) is 5.35. The third-order valence-electron chi connectivity index (χ3n) is 3.34. The largest absolute Gasteiger partial charge is 0.396 e. The van der Waals surface area contributed by atoms with Gasteiger partial charge in [-0.1, -0.05) is 26.8 Å². The average molecular weight is 246 g/mol. The van der Waals surface area contributed by atoms with E-state index in [2.05, 4.69) is 42.9 Å². The van der Waals surface area contributed by atoms with E-state index in [0.29, 0.717) is 5.92 Å². The van der Waals surface area contributed by atoms with E-state index in [0.717, 1.165) is 29.7 Å². The molecule has 1 heterocycles. The summed E-state index contributed by atoms with van der Waals surface area (Å²) in [4.78, 5) is 7.96. The van der Waals surface area contributed by atoms with Gasteiger partial charge in [-0.15, -0.1) is 0 Å². The van der Waals surface area contributed by atoms with Gasteiger partial charge in [0.15, 0.2) is 0 Å². The van der Waals surface area contributed by atoms with Crippen LogP contribution < -0.4 is 0 Å². The zero-order valence-corrected chi connectivity index (χ0v) is 11.4. The number of imidazole rings is 1. The molecule has 0 spiro atoms. The van der Waals surface area contributed by atoms with Crippen molar-refractivity contribution in [1.82, 2.24) is 9.97 Å². The molecule has 0 saturated heterocycles. The lowest BCUT2D eigenvalue weighted by Crippen LogP contribution is -2.02. The average Bonchev–Trinajstić information content (AvgIpc) is 2.71. The SMILES string of the molecule is CCC(CO)c1ccc2nc(CC(C)C)[nH]c2c1. The zero-order chi connectivity index (χ0) is 13.1. The van der Waals surface area contributed by atoms with Crippen LogP contribution in [0, 0.1) is 5.92 Å². The van der Waals surface area contributed by atoms with Crippen LogP contribution in [0.3, 0.4) is 0 Å². The monoisotopic (exact) mass is 246 g/mol. The van der Waals surface area contributed by atoms with Crippen LogP contribution in [-0.4, -0.2) is 21.7 Å². The molecule has 0 amide bonds. The Morgan fingerprint density at radius 1 is 1.33 bits per heavy atom. The highest BCUT2D eigenvalue weighted by atomic mass is 16.3. The van der Waals surface area contributed by atoms with Gasteiger partial charge in [-0.05, 0) is 30.0 Å². The summed E-state index contributed by atoms with van der Waals surface area (Å²) in [7, 11) is 0. The van der Waals surface area contributed by atoms with Crippen LogP contribution in [0.5, 0.6) is 0 Å². The van der Waals surface area contributed by atoms with Gasteiger partial charge in [-0.3, -0.25) is 0 Å². The van der Waals surface area contributed by atoms with E-state index in [4.69, 9.17) is 0 Å². The maximum atomic E-state index is 9.35. The Hall–Kier alpha value is -1.35. The highest BCUT2D eigenvalue weighted by Gasteiger charge is 2.10. The summed E-state index contributed by atoms with van der Waals surface area (Å²) in [5, 5.41) is 9.35. The summed E-state index contributed by atoms with van der Waals surface area (Å²) in [5.41, 5.74) is 3.28. The third-order valence-corrected chi connectivity index (χ3v) is 3.34. The maximum absolute atomic E-state index is 9.35. The molecule has 98 valence electrons.